The molecule has 1 N–H and O–H groups in total. The summed E-state index contributed by atoms with van der Waals surface area (Å²) < 4.78 is 27.3. The minimum atomic E-state index is -3.43. The molecule has 0 radical (unpaired) electrons. The Morgan fingerprint density at radius 1 is 1.21 bits per heavy atom. The van der Waals surface area contributed by atoms with Gasteiger partial charge in [0.15, 0.2) is 0 Å². The van der Waals surface area contributed by atoms with Gasteiger partial charge in [0.25, 0.3) is 10.0 Å². The predicted molar refractivity (Wildman–Crippen MR) is 94.8 cm³/mol. The molecule has 0 aromatic carbocycles. The highest BCUT2D eigenvalue weighted by molar-refractivity contribution is 7.91. The third-order valence-electron chi connectivity index (χ3n) is 4.79. The fourth-order valence-electron chi connectivity index (χ4n) is 3.28. The largest absolute Gasteiger partial charge is 0.335 e. The highest BCUT2D eigenvalue weighted by Crippen LogP contribution is 2.26. The fraction of sp³-hybridized carbons (Fsp3) is 0.688. The molecular weight excluding hydrogens is 346 g/mol. The van der Waals surface area contributed by atoms with Crippen molar-refractivity contribution in [3.05, 3.63) is 17.0 Å². The average Bonchev–Trinajstić information content (AvgIpc) is 3.26. The van der Waals surface area contributed by atoms with Crippen LogP contribution < -0.4 is 5.32 Å². The lowest BCUT2D eigenvalue weighted by Gasteiger charge is -2.34. The van der Waals surface area contributed by atoms with E-state index in [4.69, 9.17) is 0 Å². The number of sulfonamides is 1. The maximum Gasteiger partial charge on any atom is 0.317 e. The molecule has 1 aliphatic heterocycles. The van der Waals surface area contributed by atoms with Crippen LogP contribution in [0.15, 0.2) is 16.3 Å². The summed E-state index contributed by atoms with van der Waals surface area (Å²) in [5, 5.41) is 3.07. The summed E-state index contributed by atoms with van der Waals surface area (Å²) in [5.74, 6) is 0. The number of carbonyl (C=O) groups is 1. The first kappa shape index (κ1) is 17.7. The number of rotatable bonds is 4. The van der Waals surface area contributed by atoms with Crippen molar-refractivity contribution in [1.29, 1.82) is 0 Å². The Labute approximate surface area is 147 Å². The number of piperazine rings is 1. The molecule has 2 fully saturated rings. The molecule has 6 nitrogen and oxygen atoms in total. The number of hydrogen-bond donors (Lipinski definition) is 1. The van der Waals surface area contributed by atoms with E-state index >= 15 is 0 Å². The van der Waals surface area contributed by atoms with Gasteiger partial charge in [0.05, 0.1) is 0 Å². The highest BCUT2D eigenvalue weighted by atomic mass is 32.2. The van der Waals surface area contributed by atoms with Crippen molar-refractivity contribution >= 4 is 27.4 Å². The zero-order chi connectivity index (χ0) is 17.2. The summed E-state index contributed by atoms with van der Waals surface area (Å²) in [4.78, 5) is 15.1. The van der Waals surface area contributed by atoms with Crippen molar-refractivity contribution in [2.75, 3.05) is 26.2 Å². The molecule has 1 aliphatic carbocycles. The first-order valence-corrected chi connectivity index (χ1v) is 10.9. The zero-order valence-corrected chi connectivity index (χ0v) is 15.7. The smallest absolute Gasteiger partial charge is 0.317 e. The fourth-order valence-corrected chi connectivity index (χ4v) is 6.15. The quantitative estimate of drug-likeness (QED) is 0.883. The second-order valence-electron chi connectivity index (χ2n) is 6.40. The molecule has 1 saturated carbocycles. The average molecular weight is 372 g/mol. The van der Waals surface area contributed by atoms with Crippen molar-refractivity contribution in [3.8, 4) is 0 Å². The van der Waals surface area contributed by atoms with Gasteiger partial charge >= 0.3 is 6.03 Å². The summed E-state index contributed by atoms with van der Waals surface area (Å²) in [6, 6.07) is 3.81. The van der Waals surface area contributed by atoms with Crippen molar-refractivity contribution in [2.24, 2.45) is 0 Å². The van der Waals surface area contributed by atoms with Crippen LogP contribution in [-0.2, 0) is 16.4 Å². The van der Waals surface area contributed by atoms with E-state index < -0.39 is 10.0 Å². The van der Waals surface area contributed by atoms with Gasteiger partial charge in [-0.25, -0.2) is 13.2 Å². The van der Waals surface area contributed by atoms with Crippen LogP contribution >= 0.6 is 11.3 Å². The van der Waals surface area contributed by atoms with Crippen LogP contribution in [0.25, 0.3) is 0 Å². The number of nitrogens with zero attached hydrogens (tertiary/aromatic N) is 2. The first-order chi connectivity index (χ1) is 11.5. The summed E-state index contributed by atoms with van der Waals surface area (Å²) in [5.41, 5.74) is 0. The molecule has 24 heavy (non-hydrogen) atoms. The van der Waals surface area contributed by atoms with Crippen molar-refractivity contribution in [2.45, 2.75) is 49.3 Å². The van der Waals surface area contributed by atoms with Crippen LogP contribution in [0, 0.1) is 0 Å². The number of amides is 2. The SMILES string of the molecule is CCc1ccc(S(=O)(=O)N2CCN(C(=O)NC3CCCC3)CC2)s1. The predicted octanol–water partition coefficient (Wildman–Crippen LogP) is 2.27. The number of nitrogens with one attached hydrogen (secondary N) is 1. The van der Waals surface area contributed by atoms with Gasteiger partial charge in [0, 0.05) is 37.1 Å². The lowest BCUT2D eigenvalue weighted by Crippen LogP contribution is -2.54. The highest BCUT2D eigenvalue weighted by Gasteiger charge is 2.31. The van der Waals surface area contributed by atoms with Crippen LogP contribution in [0.5, 0.6) is 0 Å². The van der Waals surface area contributed by atoms with E-state index in [0.29, 0.717) is 30.4 Å². The van der Waals surface area contributed by atoms with E-state index in [1.807, 2.05) is 13.0 Å². The summed E-state index contributed by atoms with van der Waals surface area (Å²) in [6.45, 7) is 3.64. The molecule has 0 bridgehead atoms. The number of carbonyl (C=O) groups excluding carboxylic acids is 1. The molecule has 8 heteroatoms. The van der Waals surface area contributed by atoms with Gasteiger partial charge in [-0.3, -0.25) is 0 Å². The molecule has 1 saturated heterocycles. The molecule has 1 aromatic heterocycles. The van der Waals surface area contributed by atoms with Gasteiger partial charge in [-0.2, -0.15) is 4.31 Å². The number of thiophene rings is 1. The Bertz CT molecular complexity index is 672. The summed E-state index contributed by atoms with van der Waals surface area (Å²) in [6.07, 6.45) is 5.31. The summed E-state index contributed by atoms with van der Waals surface area (Å²) in [7, 11) is -3.43. The topological polar surface area (TPSA) is 69.7 Å². The van der Waals surface area contributed by atoms with E-state index in [2.05, 4.69) is 5.32 Å². The van der Waals surface area contributed by atoms with Crippen LogP contribution in [0.3, 0.4) is 0 Å². The zero-order valence-electron chi connectivity index (χ0n) is 14.0. The Hall–Kier alpha value is -1.12. The summed E-state index contributed by atoms with van der Waals surface area (Å²) >= 11 is 1.34. The minimum Gasteiger partial charge on any atom is -0.335 e. The Morgan fingerprint density at radius 2 is 1.88 bits per heavy atom. The lowest BCUT2D eigenvalue weighted by atomic mass is 10.2. The van der Waals surface area contributed by atoms with Crippen molar-refractivity contribution in [1.82, 2.24) is 14.5 Å². The maximum atomic E-state index is 12.7. The molecule has 3 rings (SSSR count). The van der Waals surface area contributed by atoms with Gasteiger partial charge < -0.3 is 10.2 Å². The van der Waals surface area contributed by atoms with Gasteiger partial charge in [-0.05, 0) is 31.4 Å². The van der Waals surface area contributed by atoms with E-state index in [-0.39, 0.29) is 12.1 Å². The van der Waals surface area contributed by atoms with E-state index in [0.717, 1.165) is 24.1 Å². The second-order valence-corrected chi connectivity index (χ2v) is 9.73. The minimum absolute atomic E-state index is 0.0525. The number of hydrogen-bond acceptors (Lipinski definition) is 4. The molecular formula is C16H25N3O3S2. The van der Waals surface area contributed by atoms with Gasteiger partial charge in [-0.1, -0.05) is 19.8 Å². The van der Waals surface area contributed by atoms with Crippen LogP contribution in [0.2, 0.25) is 0 Å². The van der Waals surface area contributed by atoms with E-state index in [9.17, 15) is 13.2 Å². The molecule has 134 valence electrons. The lowest BCUT2D eigenvalue weighted by molar-refractivity contribution is 0.169. The third-order valence-corrected chi connectivity index (χ3v) is 8.38. The number of urea groups is 1. The first-order valence-electron chi connectivity index (χ1n) is 8.65. The van der Waals surface area contributed by atoms with Crippen LogP contribution in [0.1, 0.15) is 37.5 Å². The molecule has 0 unspecified atom stereocenters. The van der Waals surface area contributed by atoms with E-state index in [1.165, 1.54) is 28.5 Å². The molecule has 0 atom stereocenters. The molecule has 2 aliphatic rings. The van der Waals surface area contributed by atoms with E-state index in [1.54, 1.807) is 11.0 Å². The molecule has 2 amide bonds. The third kappa shape index (κ3) is 3.75. The van der Waals surface area contributed by atoms with Gasteiger partial charge in [0.2, 0.25) is 0 Å². The van der Waals surface area contributed by atoms with Crippen molar-refractivity contribution < 1.29 is 13.2 Å². The Kier molecular flexibility index (Phi) is 5.46. The van der Waals surface area contributed by atoms with Gasteiger partial charge in [0.1, 0.15) is 4.21 Å². The Balaban J connectivity index is 1.56. The molecule has 2 heterocycles. The van der Waals surface area contributed by atoms with Gasteiger partial charge in [-0.15, -0.1) is 11.3 Å². The number of aryl methyl sites for hydroxylation is 1. The normalized spacial score (nSPS) is 20.5. The molecule has 0 spiro atoms. The Morgan fingerprint density at radius 3 is 2.46 bits per heavy atom. The molecule has 1 aromatic rings. The standard InChI is InChI=1S/C16H25N3O3S2/c1-2-14-7-8-15(23-14)24(21,22)19-11-9-18(10-12-19)16(20)17-13-5-3-4-6-13/h7-8,13H,2-6,9-12H2,1H3,(H,17,20). The van der Waals surface area contributed by atoms with Crippen molar-refractivity contribution in [3.63, 3.8) is 0 Å². The second kappa shape index (κ2) is 7.41. The van der Waals surface area contributed by atoms with Crippen LogP contribution in [-0.4, -0.2) is 55.9 Å². The van der Waals surface area contributed by atoms with Crippen LogP contribution in [0.4, 0.5) is 4.79 Å². The monoisotopic (exact) mass is 371 g/mol. The maximum absolute atomic E-state index is 12.7.